The van der Waals surface area contributed by atoms with E-state index >= 15 is 0 Å². The lowest BCUT2D eigenvalue weighted by Gasteiger charge is -2.31. The predicted octanol–water partition coefficient (Wildman–Crippen LogP) is 2.44. The van der Waals surface area contributed by atoms with Crippen LogP contribution in [0.4, 0.5) is 0 Å². The molecule has 0 amide bonds. The van der Waals surface area contributed by atoms with E-state index in [9.17, 15) is 14.7 Å². The summed E-state index contributed by atoms with van der Waals surface area (Å²) in [5, 5.41) is 10.3. The van der Waals surface area contributed by atoms with E-state index in [0.29, 0.717) is 24.0 Å². The summed E-state index contributed by atoms with van der Waals surface area (Å²) in [5.41, 5.74) is 0.0156. The van der Waals surface area contributed by atoms with Crippen LogP contribution in [0.15, 0.2) is 54.1 Å². The summed E-state index contributed by atoms with van der Waals surface area (Å²) < 4.78 is 4.75. The molecule has 0 saturated carbocycles. The number of benzene rings is 1. The lowest BCUT2D eigenvalue weighted by molar-refractivity contribution is -0.137. The molecule has 0 bridgehead atoms. The highest BCUT2D eigenvalue weighted by Gasteiger charge is 2.36. The van der Waals surface area contributed by atoms with Crippen molar-refractivity contribution in [3.05, 3.63) is 59.7 Å². The molecule has 0 radical (unpaired) electrons. The van der Waals surface area contributed by atoms with Crippen LogP contribution in [0.5, 0.6) is 0 Å². The number of ketones is 1. The number of aliphatic hydroxyl groups is 1. The third-order valence-corrected chi connectivity index (χ3v) is 3.78. The first kappa shape index (κ1) is 15.2. The Bertz CT molecular complexity index is 600. The van der Waals surface area contributed by atoms with Crippen LogP contribution in [0, 0.1) is 0 Å². The van der Waals surface area contributed by atoms with Gasteiger partial charge in [0.2, 0.25) is 0 Å². The van der Waals surface area contributed by atoms with Crippen molar-refractivity contribution in [2.45, 2.75) is 24.9 Å². The molecule has 1 aromatic carbocycles. The maximum absolute atomic E-state index is 12.6. The number of hydrogen-bond donors (Lipinski definition) is 1. The van der Waals surface area contributed by atoms with Crippen molar-refractivity contribution in [1.29, 1.82) is 0 Å². The molecule has 21 heavy (non-hydrogen) atoms. The highest BCUT2D eigenvalue weighted by Crippen LogP contribution is 2.35. The quantitative estimate of drug-likeness (QED) is 0.524. The highest BCUT2D eigenvalue weighted by molar-refractivity contribution is 6.13. The van der Waals surface area contributed by atoms with Crippen LogP contribution >= 0.6 is 0 Å². The molecule has 1 atom stereocenters. The number of methoxy groups -OCH3 is 1. The minimum atomic E-state index is -1.16. The van der Waals surface area contributed by atoms with Gasteiger partial charge in [-0.05, 0) is 12.8 Å². The third-order valence-electron chi connectivity index (χ3n) is 3.78. The van der Waals surface area contributed by atoms with Gasteiger partial charge in [0, 0.05) is 23.1 Å². The molecule has 1 aromatic rings. The van der Waals surface area contributed by atoms with Gasteiger partial charge in [0.25, 0.3) is 0 Å². The van der Waals surface area contributed by atoms with Crippen molar-refractivity contribution in [2.75, 3.05) is 7.11 Å². The molecule has 0 spiro atoms. The third kappa shape index (κ3) is 3.11. The first-order valence-electron chi connectivity index (χ1n) is 6.77. The SMILES string of the molecule is C=CC1(O)CCC(C(=O)c2ccccc2)=C(C(=O)OC)C1. The van der Waals surface area contributed by atoms with Crippen molar-refractivity contribution >= 4 is 11.8 Å². The average Bonchev–Trinajstić information content (AvgIpc) is 2.54. The van der Waals surface area contributed by atoms with E-state index in [1.54, 1.807) is 24.3 Å². The number of allylic oxidation sites excluding steroid dienone is 1. The van der Waals surface area contributed by atoms with Crippen molar-refractivity contribution < 1.29 is 19.4 Å². The first-order valence-corrected chi connectivity index (χ1v) is 6.77. The monoisotopic (exact) mass is 286 g/mol. The van der Waals surface area contributed by atoms with Crippen LogP contribution in [0.25, 0.3) is 0 Å². The molecular weight excluding hydrogens is 268 g/mol. The molecule has 4 heteroatoms. The first-order chi connectivity index (χ1) is 10.0. The van der Waals surface area contributed by atoms with Gasteiger partial charge in [0.05, 0.1) is 12.7 Å². The van der Waals surface area contributed by atoms with Crippen LogP contribution < -0.4 is 0 Å². The topological polar surface area (TPSA) is 63.6 Å². The van der Waals surface area contributed by atoms with E-state index in [2.05, 4.69) is 6.58 Å². The minimum Gasteiger partial charge on any atom is -0.466 e. The standard InChI is InChI=1S/C17H18O4/c1-3-17(20)10-9-13(14(11-17)16(19)21-2)15(18)12-7-5-4-6-8-12/h3-8,20H,1,9-11H2,2H3. The van der Waals surface area contributed by atoms with Gasteiger partial charge in [0.1, 0.15) is 0 Å². The second-order valence-corrected chi connectivity index (χ2v) is 5.13. The number of carbonyl (C=O) groups is 2. The van der Waals surface area contributed by atoms with E-state index in [1.807, 2.05) is 6.07 Å². The molecule has 4 nitrogen and oxygen atoms in total. The van der Waals surface area contributed by atoms with Gasteiger partial charge in [0.15, 0.2) is 5.78 Å². The summed E-state index contributed by atoms with van der Waals surface area (Å²) in [6.07, 6.45) is 2.16. The second-order valence-electron chi connectivity index (χ2n) is 5.13. The number of Topliss-reactive ketones (excluding diaryl/α,β-unsaturated/α-hetero) is 1. The van der Waals surface area contributed by atoms with Gasteiger partial charge >= 0.3 is 5.97 Å². The molecule has 110 valence electrons. The maximum Gasteiger partial charge on any atom is 0.334 e. The molecule has 0 saturated heterocycles. The van der Waals surface area contributed by atoms with E-state index in [4.69, 9.17) is 4.74 Å². The van der Waals surface area contributed by atoms with Gasteiger partial charge in [-0.2, -0.15) is 0 Å². The maximum atomic E-state index is 12.6. The average molecular weight is 286 g/mol. The summed E-state index contributed by atoms with van der Waals surface area (Å²) in [4.78, 5) is 24.5. The summed E-state index contributed by atoms with van der Waals surface area (Å²) >= 11 is 0. The Morgan fingerprint density at radius 2 is 1.95 bits per heavy atom. The van der Waals surface area contributed by atoms with Crippen LogP contribution in [0.2, 0.25) is 0 Å². The minimum absolute atomic E-state index is 0.0527. The number of esters is 1. The Kier molecular flexibility index (Phi) is 4.38. The fraction of sp³-hybridized carbons (Fsp3) is 0.294. The fourth-order valence-electron chi connectivity index (χ4n) is 2.50. The van der Waals surface area contributed by atoms with Crippen LogP contribution in [-0.2, 0) is 9.53 Å². The number of carbonyl (C=O) groups excluding carboxylic acids is 2. The fourth-order valence-corrected chi connectivity index (χ4v) is 2.50. The Balaban J connectivity index is 2.44. The van der Waals surface area contributed by atoms with Crippen LogP contribution in [0.3, 0.4) is 0 Å². The molecule has 1 unspecified atom stereocenters. The van der Waals surface area contributed by atoms with Crippen molar-refractivity contribution in [3.63, 3.8) is 0 Å². The summed E-state index contributed by atoms with van der Waals surface area (Å²) in [7, 11) is 1.27. The van der Waals surface area contributed by atoms with E-state index in [1.165, 1.54) is 13.2 Å². The molecular formula is C17H18O4. The van der Waals surface area contributed by atoms with E-state index < -0.39 is 11.6 Å². The molecule has 1 aliphatic carbocycles. The van der Waals surface area contributed by atoms with Crippen molar-refractivity contribution in [1.82, 2.24) is 0 Å². The zero-order chi connectivity index (χ0) is 15.5. The van der Waals surface area contributed by atoms with Gasteiger partial charge in [-0.25, -0.2) is 4.79 Å². The lowest BCUT2D eigenvalue weighted by atomic mass is 9.78. The Labute approximate surface area is 123 Å². The van der Waals surface area contributed by atoms with Gasteiger partial charge < -0.3 is 9.84 Å². The molecule has 1 N–H and O–H groups in total. The lowest BCUT2D eigenvalue weighted by Crippen LogP contribution is -2.33. The predicted molar refractivity (Wildman–Crippen MR) is 78.8 cm³/mol. The summed E-state index contributed by atoms with van der Waals surface area (Å²) in [6, 6.07) is 8.78. The van der Waals surface area contributed by atoms with Crippen molar-refractivity contribution in [2.24, 2.45) is 0 Å². The molecule has 0 aliphatic heterocycles. The smallest absolute Gasteiger partial charge is 0.334 e. The summed E-state index contributed by atoms with van der Waals surface area (Å²) in [6.45, 7) is 3.59. The second kappa shape index (κ2) is 6.06. The van der Waals surface area contributed by atoms with Crippen LogP contribution in [0.1, 0.15) is 29.6 Å². The normalized spacial score (nSPS) is 21.8. The molecule has 0 heterocycles. The van der Waals surface area contributed by atoms with Crippen LogP contribution in [-0.4, -0.2) is 29.6 Å². The highest BCUT2D eigenvalue weighted by atomic mass is 16.5. The zero-order valence-corrected chi connectivity index (χ0v) is 12.0. The van der Waals surface area contributed by atoms with Gasteiger partial charge in [-0.1, -0.05) is 36.4 Å². The Morgan fingerprint density at radius 1 is 1.29 bits per heavy atom. The van der Waals surface area contributed by atoms with Gasteiger partial charge in [-0.15, -0.1) is 6.58 Å². The molecule has 0 fully saturated rings. The largest absolute Gasteiger partial charge is 0.466 e. The summed E-state index contributed by atoms with van der Waals surface area (Å²) in [5.74, 6) is -0.767. The molecule has 2 rings (SSSR count). The van der Waals surface area contributed by atoms with E-state index in [0.717, 1.165) is 0 Å². The number of hydrogen-bond acceptors (Lipinski definition) is 4. The zero-order valence-electron chi connectivity index (χ0n) is 12.0. The Hall–Kier alpha value is -2.20. The van der Waals surface area contributed by atoms with Gasteiger partial charge in [-0.3, -0.25) is 4.79 Å². The molecule has 0 aromatic heterocycles. The molecule has 1 aliphatic rings. The van der Waals surface area contributed by atoms with E-state index in [-0.39, 0.29) is 17.8 Å². The number of ether oxygens (including phenoxy) is 1. The number of rotatable bonds is 4. The Morgan fingerprint density at radius 3 is 2.52 bits per heavy atom. The van der Waals surface area contributed by atoms with Crippen molar-refractivity contribution in [3.8, 4) is 0 Å².